The number of aliphatic hydroxyl groups excluding tert-OH is 1. The summed E-state index contributed by atoms with van der Waals surface area (Å²) in [6, 6.07) is 7.83. The van der Waals surface area contributed by atoms with Crippen molar-refractivity contribution in [2.45, 2.75) is 26.4 Å². The quantitative estimate of drug-likeness (QED) is 0.577. The van der Waals surface area contributed by atoms with Crippen LogP contribution in [0.3, 0.4) is 0 Å². The van der Waals surface area contributed by atoms with Crippen molar-refractivity contribution in [3.05, 3.63) is 35.4 Å². The minimum atomic E-state index is -0.115. The summed E-state index contributed by atoms with van der Waals surface area (Å²) < 4.78 is 11.0. The topological polar surface area (TPSA) is 38.7 Å². The zero-order valence-corrected chi connectivity index (χ0v) is 11.5. The predicted molar refractivity (Wildman–Crippen MR) is 75.8 cm³/mol. The standard InChI is InChI=1S/C16H22O3/c1-2-3-10-18-11-12-19-14-16-7-4-6-15(13-16)8-5-9-17/h4,6-7,13,17H,2-3,9-12,14H2,1H3. The summed E-state index contributed by atoms with van der Waals surface area (Å²) >= 11 is 0. The molecule has 0 aliphatic carbocycles. The molecule has 1 rings (SSSR count). The Labute approximate surface area is 115 Å². The van der Waals surface area contributed by atoms with Gasteiger partial charge in [-0.2, -0.15) is 0 Å². The molecule has 0 unspecified atom stereocenters. The Morgan fingerprint density at radius 1 is 1.16 bits per heavy atom. The van der Waals surface area contributed by atoms with Crippen LogP contribution in [0, 0.1) is 11.8 Å². The van der Waals surface area contributed by atoms with Crippen LogP contribution >= 0.6 is 0 Å². The molecule has 0 saturated carbocycles. The normalized spacial score (nSPS) is 10.0. The molecule has 0 aromatic heterocycles. The van der Waals surface area contributed by atoms with Crippen molar-refractivity contribution in [3.8, 4) is 11.8 Å². The number of hydrogen-bond donors (Lipinski definition) is 1. The van der Waals surface area contributed by atoms with Crippen LogP contribution in [-0.4, -0.2) is 31.5 Å². The van der Waals surface area contributed by atoms with Gasteiger partial charge in [0.05, 0.1) is 19.8 Å². The maximum Gasteiger partial charge on any atom is 0.104 e. The molecule has 1 N–H and O–H groups in total. The second kappa shape index (κ2) is 10.6. The zero-order chi connectivity index (χ0) is 13.8. The van der Waals surface area contributed by atoms with Gasteiger partial charge in [0.15, 0.2) is 0 Å². The molecular weight excluding hydrogens is 240 g/mol. The number of ether oxygens (including phenoxy) is 2. The van der Waals surface area contributed by atoms with Crippen LogP contribution in [0.15, 0.2) is 24.3 Å². The lowest BCUT2D eigenvalue weighted by Gasteiger charge is -2.06. The van der Waals surface area contributed by atoms with Crippen molar-refractivity contribution >= 4 is 0 Å². The van der Waals surface area contributed by atoms with E-state index in [-0.39, 0.29) is 6.61 Å². The van der Waals surface area contributed by atoms with E-state index in [0.717, 1.165) is 30.6 Å². The summed E-state index contributed by atoms with van der Waals surface area (Å²) in [5.41, 5.74) is 1.98. The second-order valence-corrected chi connectivity index (χ2v) is 4.18. The van der Waals surface area contributed by atoms with Crippen molar-refractivity contribution in [2.75, 3.05) is 26.4 Å². The average Bonchev–Trinajstić information content (AvgIpc) is 2.44. The van der Waals surface area contributed by atoms with Gasteiger partial charge in [0.1, 0.15) is 6.61 Å². The molecule has 0 saturated heterocycles. The molecule has 19 heavy (non-hydrogen) atoms. The lowest BCUT2D eigenvalue weighted by molar-refractivity contribution is 0.0397. The number of unbranched alkanes of at least 4 members (excludes halogenated alkanes) is 1. The van der Waals surface area contributed by atoms with Crippen LogP contribution in [0.5, 0.6) is 0 Å². The predicted octanol–water partition coefficient (Wildman–Crippen LogP) is 2.36. The van der Waals surface area contributed by atoms with Crippen molar-refractivity contribution in [1.29, 1.82) is 0 Å². The first-order valence-electron chi connectivity index (χ1n) is 6.71. The van der Waals surface area contributed by atoms with Gasteiger partial charge in [-0.05, 0) is 24.1 Å². The highest BCUT2D eigenvalue weighted by atomic mass is 16.5. The molecule has 0 bridgehead atoms. The van der Waals surface area contributed by atoms with Crippen LogP contribution in [0.4, 0.5) is 0 Å². The van der Waals surface area contributed by atoms with Crippen LogP contribution < -0.4 is 0 Å². The summed E-state index contributed by atoms with van der Waals surface area (Å²) in [6.07, 6.45) is 2.26. The molecule has 0 radical (unpaired) electrons. The van der Waals surface area contributed by atoms with Crippen LogP contribution in [0.2, 0.25) is 0 Å². The minimum absolute atomic E-state index is 0.115. The summed E-state index contributed by atoms with van der Waals surface area (Å²) in [5.74, 6) is 5.51. The second-order valence-electron chi connectivity index (χ2n) is 4.18. The summed E-state index contributed by atoms with van der Waals surface area (Å²) in [6.45, 7) is 4.65. The van der Waals surface area contributed by atoms with E-state index in [2.05, 4.69) is 18.8 Å². The molecule has 0 atom stereocenters. The molecular formula is C16H22O3. The Balaban J connectivity index is 2.22. The first kappa shape index (κ1) is 15.7. The first-order chi connectivity index (χ1) is 9.36. The SMILES string of the molecule is CCCCOCCOCc1cccc(C#CCO)c1. The smallest absolute Gasteiger partial charge is 0.104 e. The lowest BCUT2D eigenvalue weighted by atomic mass is 10.1. The molecule has 3 nitrogen and oxygen atoms in total. The molecule has 0 aliphatic rings. The highest BCUT2D eigenvalue weighted by Gasteiger charge is 1.95. The van der Waals surface area contributed by atoms with Gasteiger partial charge in [-0.15, -0.1) is 0 Å². The van der Waals surface area contributed by atoms with Gasteiger partial charge >= 0.3 is 0 Å². The van der Waals surface area contributed by atoms with E-state index >= 15 is 0 Å². The molecule has 1 aromatic carbocycles. The van der Waals surface area contributed by atoms with E-state index in [1.54, 1.807) is 0 Å². The van der Waals surface area contributed by atoms with Crippen LogP contribution in [0.25, 0.3) is 0 Å². The van der Waals surface area contributed by atoms with E-state index in [1.807, 2.05) is 24.3 Å². The molecule has 0 amide bonds. The Kier molecular flexibility index (Phi) is 8.74. The Morgan fingerprint density at radius 3 is 2.79 bits per heavy atom. The molecule has 0 spiro atoms. The van der Waals surface area contributed by atoms with Crippen molar-refractivity contribution in [1.82, 2.24) is 0 Å². The maximum atomic E-state index is 8.65. The number of aliphatic hydroxyl groups is 1. The van der Waals surface area contributed by atoms with Crippen LogP contribution in [-0.2, 0) is 16.1 Å². The molecule has 0 fully saturated rings. The fourth-order valence-electron chi connectivity index (χ4n) is 1.54. The molecule has 104 valence electrons. The van der Waals surface area contributed by atoms with E-state index in [1.165, 1.54) is 0 Å². The van der Waals surface area contributed by atoms with Gasteiger partial charge in [0.2, 0.25) is 0 Å². The van der Waals surface area contributed by atoms with E-state index in [9.17, 15) is 0 Å². The monoisotopic (exact) mass is 262 g/mol. The fourth-order valence-corrected chi connectivity index (χ4v) is 1.54. The van der Waals surface area contributed by atoms with Gasteiger partial charge in [-0.3, -0.25) is 0 Å². The number of benzene rings is 1. The third-order valence-corrected chi connectivity index (χ3v) is 2.52. The largest absolute Gasteiger partial charge is 0.384 e. The lowest BCUT2D eigenvalue weighted by Crippen LogP contribution is -2.05. The highest BCUT2D eigenvalue weighted by molar-refractivity contribution is 5.36. The first-order valence-corrected chi connectivity index (χ1v) is 6.71. The highest BCUT2D eigenvalue weighted by Crippen LogP contribution is 2.05. The zero-order valence-electron chi connectivity index (χ0n) is 11.5. The van der Waals surface area contributed by atoms with E-state index in [4.69, 9.17) is 14.6 Å². The Hall–Kier alpha value is -1.34. The van der Waals surface area contributed by atoms with Gasteiger partial charge in [0, 0.05) is 12.2 Å². The van der Waals surface area contributed by atoms with Crippen LogP contribution in [0.1, 0.15) is 30.9 Å². The summed E-state index contributed by atoms with van der Waals surface area (Å²) in [7, 11) is 0. The third kappa shape index (κ3) is 7.63. The van der Waals surface area contributed by atoms with Gasteiger partial charge in [0.25, 0.3) is 0 Å². The van der Waals surface area contributed by atoms with Gasteiger partial charge in [-0.1, -0.05) is 37.3 Å². The molecule has 0 aliphatic heterocycles. The van der Waals surface area contributed by atoms with Gasteiger partial charge < -0.3 is 14.6 Å². The molecule has 1 aromatic rings. The van der Waals surface area contributed by atoms with E-state index < -0.39 is 0 Å². The number of rotatable bonds is 8. The van der Waals surface area contributed by atoms with Crippen molar-refractivity contribution < 1.29 is 14.6 Å². The van der Waals surface area contributed by atoms with Gasteiger partial charge in [-0.25, -0.2) is 0 Å². The Morgan fingerprint density at radius 2 is 2.00 bits per heavy atom. The van der Waals surface area contributed by atoms with Crippen molar-refractivity contribution in [2.24, 2.45) is 0 Å². The summed E-state index contributed by atoms with van der Waals surface area (Å²) in [4.78, 5) is 0. The molecule has 3 heteroatoms. The Bertz CT molecular complexity index is 404. The summed E-state index contributed by atoms with van der Waals surface area (Å²) in [5, 5.41) is 8.65. The maximum absolute atomic E-state index is 8.65. The third-order valence-electron chi connectivity index (χ3n) is 2.52. The fraction of sp³-hybridized carbons (Fsp3) is 0.500. The molecule has 0 heterocycles. The van der Waals surface area contributed by atoms with E-state index in [0.29, 0.717) is 19.8 Å². The van der Waals surface area contributed by atoms with Crippen molar-refractivity contribution in [3.63, 3.8) is 0 Å². The number of hydrogen-bond acceptors (Lipinski definition) is 3. The average molecular weight is 262 g/mol. The minimum Gasteiger partial charge on any atom is -0.384 e.